The number of anilines is 1. The maximum Gasteiger partial charge on any atom is 0.300 e. The van der Waals surface area contributed by atoms with Gasteiger partial charge in [0.1, 0.15) is 11.6 Å². The maximum atomic E-state index is 14.2. The second-order valence-electron chi connectivity index (χ2n) is 4.96. The molecule has 1 aromatic heterocycles. The highest BCUT2D eigenvalue weighted by Gasteiger charge is 2.30. The number of nitrogens with zero attached hydrogens (tertiary/aromatic N) is 2. The summed E-state index contributed by atoms with van der Waals surface area (Å²) in [5, 5.41) is -0.129. The Morgan fingerprint density at radius 1 is 1.29 bits per heavy atom. The Kier molecular flexibility index (Phi) is 4.75. The molecule has 0 saturated heterocycles. The van der Waals surface area contributed by atoms with E-state index < -0.39 is 17.5 Å². The van der Waals surface area contributed by atoms with E-state index in [1.807, 2.05) is 0 Å². The number of furan rings is 1. The molecule has 2 heterocycles. The first-order chi connectivity index (χ1) is 11.6. The van der Waals surface area contributed by atoms with Crippen molar-refractivity contribution < 1.29 is 22.8 Å². The highest BCUT2D eigenvalue weighted by molar-refractivity contribution is 8.26. The molecule has 1 amide bonds. The molecule has 1 aromatic carbocycles. The Bertz CT molecular complexity index is 806. The van der Waals surface area contributed by atoms with Crippen LogP contribution in [0.4, 0.5) is 14.5 Å². The van der Waals surface area contributed by atoms with Gasteiger partial charge in [-0.05, 0) is 42.4 Å². The average Bonchev–Trinajstić information content (AvgIpc) is 2.99. The molecule has 0 bridgehead atoms. The van der Waals surface area contributed by atoms with Crippen molar-refractivity contribution in [2.45, 2.75) is 12.8 Å². The van der Waals surface area contributed by atoms with Gasteiger partial charge in [-0.1, -0.05) is 0 Å². The predicted molar refractivity (Wildman–Crippen MR) is 86.0 cm³/mol. The molecule has 8 heteroatoms. The molecule has 0 atom stereocenters. The highest BCUT2D eigenvalue weighted by atomic mass is 32.2. The van der Waals surface area contributed by atoms with Crippen molar-refractivity contribution in [1.29, 1.82) is 0 Å². The van der Waals surface area contributed by atoms with Crippen LogP contribution in [0.3, 0.4) is 0 Å². The van der Waals surface area contributed by atoms with Crippen LogP contribution in [-0.2, 0) is 4.79 Å². The minimum absolute atomic E-state index is 0.0429. The monoisotopic (exact) mass is 350 g/mol. The van der Waals surface area contributed by atoms with Crippen LogP contribution in [0.1, 0.15) is 23.4 Å². The van der Waals surface area contributed by atoms with Crippen LogP contribution in [-0.4, -0.2) is 22.7 Å². The summed E-state index contributed by atoms with van der Waals surface area (Å²) in [7, 11) is 0. The molecule has 5 nitrogen and oxygen atoms in total. The van der Waals surface area contributed by atoms with Crippen LogP contribution < -0.4 is 4.90 Å². The van der Waals surface area contributed by atoms with E-state index in [0.29, 0.717) is 25.5 Å². The molecule has 24 heavy (non-hydrogen) atoms. The Morgan fingerprint density at radius 2 is 2.12 bits per heavy atom. The number of carbonyl (C=O) groups is 2. The molecule has 0 saturated carbocycles. The van der Waals surface area contributed by atoms with Crippen LogP contribution in [0.2, 0.25) is 0 Å². The van der Waals surface area contributed by atoms with Crippen molar-refractivity contribution in [1.82, 2.24) is 0 Å². The number of rotatable bonds is 2. The van der Waals surface area contributed by atoms with E-state index in [0.717, 1.165) is 28.8 Å². The number of hydrogen-bond donors (Lipinski definition) is 0. The van der Waals surface area contributed by atoms with Gasteiger partial charge in [0, 0.05) is 19.0 Å². The highest BCUT2D eigenvalue weighted by Crippen LogP contribution is 2.28. The molecule has 2 aromatic rings. The third kappa shape index (κ3) is 3.38. The zero-order valence-electron chi connectivity index (χ0n) is 12.4. The Balaban J connectivity index is 2.08. The minimum atomic E-state index is -0.935. The molecule has 0 aliphatic carbocycles. The lowest BCUT2D eigenvalue weighted by atomic mass is 10.2. The average molecular weight is 350 g/mol. The number of amidine groups is 1. The van der Waals surface area contributed by atoms with E-state index in [1.165, 1.54) is 18.4 Å². The summed E-state index contributed by atoms with van der Waals surface area (Å²) in [6.45, 7) is 0.332. The Labute approximate surface area is 140 Å². The molecule has 1 aliphatic rings. The summed E-state index contributed by atoms with van der Waals surface area (Å²) >= 11 is 0.763. The van der Waals surface area contributed by atoms with Crippen LogP contribution in [0.25, 0.3) is 0 Å². The van der Waals surface area contributed by atoms with E-state index in [1.54, 1.807) is 0 Å². The predicted octanol–water partition coefficient (Wildman–Crippen LogP) is 3.61. The van der Waals surface area contributed by atoms with Gasteiger partial charge >= 0.3 is 0 Å². The summed E-state index contributed by atoms with van der Waals surface area (Å²) in [5.74, 6) is -2.44. The minimum Gasteiger partial charge on any atom is -0.459 e. The number of carbonyl (C=O) groups excluding carboxylic acids is 2. The van der Waals surface area contributed by atoms with E-state index in [-0.39, 0.29) is 21.7 Å². The van der Waals surface area contributed by atoms with Crippen molar-refractivity contribution in [2.24, 2.45) is 4.99 Å². The summed E-state index contributed by atoms with van der Waals surface area (Å²) in [6.07, 6.45) is 2.16. The molecular weight excluding hydrogens is 338 g/mol. The van der Waals surface area contributed by atoms with Gasteiger partial charge in [-0.3, -0.25) is 14.6 Å². The molecule has 0 unspecified atom stereocenters. The summed E-state index contributed by atoms with van der Waals surface area (Å²) in [5.41, 5.74) is -0.196. The zero-order valence-corrected chi connectivity index (χ0v) is 13.2. The van der Waals surface area contributed by atoms with E-state index in [9.17, 15) is 18.4 Å². The molecule has 0 radical (unpaired) electrons. The van der Waals surface area contributed by atoms with Crippen molar-refractivity contribution in [3.63, 3.8) is 0 Å². The number of aliphatic imine (C=N–C) groups is 1. The molecule has 0 fully saturated rings. The number of amides is 1. The first-order valence-corrected chi connectivity index (χ1v) is 7.96. The maximum absolute atomic E-state index is 14.2. The normalized spacial score (nSPS) is 14.9. The van der Waals surface area contributed by atoms with Crippen LogP contribution in [0.5, 0.6) is 0 Å². The third-order valence-electron chi connectivity index (χ3n) is 3.27. The first kappa shape index (κ1) is 16.4. The number of thioether (sulfide) groups is 1. The second kappa shape index (κ2) is 6.96. The van der Waals surface area contributed by atoms with E-state index >= 15 is 0 Å². The Hall–Kier alpha value is -2.48. The summed E-state index contributed by atoms with van der Waals surface area (Å²) in [4.78, 5) is 29.7. The largest absolute Gasteiger partial charge is 0.459 e. The molecule has 0 spiro atoms. The lowest BCUT2D eigenvalue weighted by molar-refractivity contribution is -0.110. The van der Waals surface area contributed by atoms with Crippen LogP contribution in [0.15, 0.2) is 46.0 Å². The van der Waals surface area contributed by atoms with Crippen molar-refractivity contribution >= 4 is 33.6 Å². The SMILES string of the molecule is O=C1CCCN=C(N(C(=O)c2ccco2)c2ccc(F)cc2F)S1. The van der Waals surface area contributed by atoms with Crippen LogP contribution in [0, 0.1) is 11.6 Å². The fraction of sp³-hybridized carbons (Fsp3) is 0.188. The van der Waals surface area contributed by atoms with E-state index in [2.05, 4.69) is 4.99 Å². The lowest BCUT2D eigenvalue weighted by Gasteiger charge is -2.22. The zero-order chi connectivity index (χ0) is 17.1. The summed E-state index contributed by atoms with van der Waals surface area (Å²) < 4.78 is 32.5. The first-order valence-electron chi connectivity index (χ1n) is 7.14. The van der Waals surface area contributed by atoms with E-state index in [4.69, 9.17) is 4.42 Å². The number of benzene rings is 1. The fourth-order valence-corrected chi connectivity index (χ4v) is 3.05. The van der Waals surface area contributed by atoms with Gasteiger partial charge in [0.05, 0.1) is 12.0 Å². The molecule has 1 aliphatic heterocycles. The van der Waals surface area contributed by atoms with Gasteiger partial charge in [-0.15, -0.1) is 0 Å². The van der Waals surface area contributed by atoms with Gasteiger partial charge in [0.25, 0.3) is 5.91 Å². The van der Waals surface area contributed by atoms with Crippen molar-refractivity contribution in [2.75, 3.05) is 11.4 Å². The van der Waals surface area contributed by atoms with Crippen molar-refractivity contribution in [3.05, 3.63) is 54.0 Å². The summed E-state index contributed by atoms with van der Waals surface area (Å²) in [6, 6.07) is 5.76. The fourth-order valence-electron chi connectivity index (χ4n) is 2.17. The van der Waals surface area contributed by atoms with Crippen molar-refractivity contribution in [3.8, 4) is 0 Å². The van der Waals surface area contributed by atoms with Gasteiger partial charge in [0.15, 0.2) is 16.0 Å². The number of halogens is 2. The topological polar surface area (TPSA) is 62.9 Å². The molecule has 3 rings (SSSR count). The van der Waals surface area contributed by atoms with Gasteiger partial charge < -0.3 is 4.42 Å². The molecular formula is C16H12F2N2O3S. The van der Waals surface area contributed by atoms with Gasteiger partial charge in [-0.2, -0.15) is 0 Å². The smallest absolute Gasteiger partial charge is 0.300 e. The Morgan fingerprint density at radius 3 is 2.83 bits per heavy atom. The molecule has 0 N–H and O–H groups in total. The lowest BCUT2D eigenvalue weighted by Crippen LogP contribution is -2.36. The second-order valence-corrected chi connectivity index (χ2v) is 5.98. The van der Waals surface area contributed by atoms with Gasteiger partial charge in [-0.25, -0.2) is 13.7 Å². The van der Waals surface area contributed by atoms with Gasteiger partial charge in [0.2, 0.25) is 0 Å². The standard InChI is InChI=1S/C16H12F2N2O3S/c17-10-5-6-12(11(18)9-10)20(15(22)13-3-2-8-23-13)16-19-7-1-4-14(21)24-16/h2-3,5-6,8-9H,1,4,7H2. The van der Waals surface area contributed by atoms with Crippen LogP contribution >= 0.6 is 11.8 Å². The number of hydrogen-bond acceptors (Lipinski definition) is 5. The third-order valence-corrected chi connectivity index (χ3v) is 4.19. The molecule has 124 valence electrons. The quantitative estimate of drug-likeness (QED) is 0.830.